The Morgan fingerprint density at radius 2 is 2.46 bits per heavy atom. The molecule has 0 bridgehead atoms. The molecular formula is C8H11BrN4. The molecule has 1 unspecified atom stereocenters. The Balaban J connectivity index is 2.60. The average Bonchev–Trinajstić information content (AvgIpc) is 2.43. The molecule has 1 atom stereocenters. The number of halogens is 1. The van der Waals surface area contributed by atoms with Gasteiger partial charge in [-0.1, -0.05) is 11.1 Å². The van der Waals surface area contributed by atoms with E-state index < -0.39 is 0 Å². The summed E-state index contributed by atoms with van der Waals surface area (Å²) in [6, 6.07) is 0.0572. The zero-order valence-corrected chi connectivity index (χ0v) is 9.17. The highest BCUT2D eigenvalue weighted by Gasteiger charge is 2.07. The summed E-state index contributed by atoms with van der Waals surface area (Å²) in [5.74, 6) is 2.59. The molecule has 0 saturated heterocycles. The summed E-state index contributed by atoms with van der Waals surface area (Å²) in [6.07, 6.45) is 5.23. The van der Waals surface area contributed by atoms with Crippen molar-refractivity contribution in [3.8, 4) is 12.3 Å². The van der Waals surface area contributed by atoms with Crippen LogP contribution in [0.3, 0.4) is 0 Å². The third-order valence-corrected chi connectivity index (χ3v) is 2.34. The van der Waals surface area contributed by atoms with E-state index in [0.29, 0.717) is 6.54 Å². The molecule has 5 heteroatoms. The molecule has 70 valence electrons. The lowest BCUT2D eigenvalue weighted by atomic mass is 10.3. The van der Waals surface area contributed by atoms with Crippen LogP contribution in [0.15, 0.2) is 4.60 Å². The molecule has 0 amide bonds. The molecule has 0 aromatic carbocycles. The molecule has 1 heterocycles. The predicted octanol–water partition coefficient (Wildman–Crippen LogP) is 0.689. The van der Waals surface area contributed by atoms with E-state index in [1.165, 1.54) is 0 Å². The number of hydrogen-bond donors (Lipinski definition) is 1. The standard InChI is InChI=1S/C8H11BrN4/c1-4-6(2)10-5-7-8(9)11-12-13(7)3/h1,6,10H,5H2,2-3H3. The molecule has 1 N–H and O–H groups in total. The zero-order valence-electron chi connectivity index (χ0n) is 7.58. The normalized spacial score (nSPS) is 12.5. The summed E-state index contributed by atoms with van der Waals surface area (Å²) in [6.45, 7) is 2.59. The van der Waals surface area contributed by atoms with Gasteiger partial charge in [0.15, 0.2) is 4.60 Å². The lowest BCUT2D eigenvalue weighted by Crippen LogP contribution is -2.24. The predicted molar refractivity (Wildman–Crippen MR) is 53.8 cm³/mol. The van der Waals surface area contributed by atoms with Gasteiger partial charge in [0.2, 0.25) is 0 Å². The van der Waals surface area contributed by atoms with Gasteiger partial charge < -0.3 is 0 Å². The molecule has 0 aliphatic heterocycles. The lowest BCUT2D eigenvalue weighted by molar-refractivity contribution is 0.594. The van der Waals surface area contributed by atoms with Gasteiger partial charge >= 0.3 is 0 Å². The molecule has 0 aliphatic carbocycles. The minimum Gasteiger partial charge on any atom is -0.298 e. The van der Waals surface area contributed by atoms with E-state index in [-0.39, 0.29) is 6.04 Å². The quantitative estimate of drug-likeness (QED) is 0.794. The third kappa shape index (κ3) is 2.54. The van der Waals surface area contributed by atoms with Crippen LogP contribution in [0.5, 0.6) is 0 Å². The first-order chi connectivity index (χ1) is 6.15. The monoisotopic (exact) mass is 242 g/mol. The van der Waals surface area contributed by atoms with Crippen molar-refractivity contribution in [1.29, 1.82) is 0 Å². The van der Waals surface area contributed by atoms with Gasteiger partial charge in [0.05, 0.1) is 11.7 Å². The number of aryl methyl sites for hydroxylation is 1. The Morgan fingerprint density at radius 1 is 1.77 bits per heavy atom. The zero-order chi connectivity index (χ0) is 9.84. The van der Waals surface area contributed by atoms with Crippen molar-refractivity contribution >= 4 is 15.9 Å². The van der Waals surface area contributed by atoms with Gasteiger partial charge in [-0.15, -0.1) is 11.5 Å². The van der Waals surface area contributed by atoms with Crippen molar-refractivity contribution in [1.82, 2.24) is 20.3 Å². The highest BCUT2D eigenvalue weighted by molar-refractivity contribution is 9.10. The smallest absolute Gasteiger partial charge is 0.152 e. The molecule has 1 aromatic heterocycles. The second-order valence-electron chi connectivity index (χ2n) is 2.72. The van der Waals surface area contributed by atoms with Crippen LogP contribution in [0.4, 0.5) is 0 Å². The van der Waals surface area contributed by atoms with Crippen LogP contribution >= 0.6 is 15.9 Å². The minimum atomic E-state index is 0.0572. The molecule has 1 aromatic rings. The van der Waals surface area contributed by atoms with E-state index in [0.717, 1.165) is 10.3 Å². The number of terminal acetylenes is 1. The fourth-order valence-corrected chi connectivity index (χ4v) is 1.32. The minimum absolute atomic E-state index is 0.0572. The van der Waals surface area contributed by atoms with E-state index in [9.17, 15) is 0 Å². The summed E-state index contributed by atoms with van der Waals surface area (Å²) in [7, 11) is 1.84. The van der Waals surface area contributed by atoms with E-state index in [1.807, 2.05) is 14.0 Å². The molecule has 4 nitrogen and oxygen atoms in total. The van der Waals surface area contributed by atoms with Crippen LogP contribution in [0.2, 0.25) is 0 Å². The van der Waals surface area contributed by atoms with Crippen LogP contribution in [0.25, 0.3) is 0 Å². The van der Waals surface area contributed by atoms with Crippen LogP contribution in [0.1, 0.15) is 12.6 Å². The summed E-state index contributed by atoms with van der Waals surface area (Å²) in [5.41, 5.74) is 0.988. The Kier molecular flexibility index (Phi) is 3.46. The Morgan fingerprint density at radius 3 is 2.92 bits per heavy atom. The average molecular weight is 243 g/mol. The van der Waals surface area contributed by atoms with Gasteiger partial charge in [0.25, 0.3) is 0 Å². The van der Waals surface area contributed by atoms with E-state index in [1.54, 1.807) is 4.68 Å². The van der Waals surface area contributed by atoms with Gasteiger partial charge in [0.1, 0.15) is 0 Å². The van der Waals surface area contributed by atoms with Crippen molar-refractivity contribution in [2.45, 2.75) is 19.5 Å². The number of nitrogens with one attached hydrogen (secondary N) is 1. The lowest BCUT2D eigenvalue weighted by Gasteiger charge is -2.06. The van der Waals surface area contributed by atoms with Gasteiger partial charge in [-0.2, -0.15) is 0 Å². The first-order valence-corrected chi connectivity index (χ1v) is 4.68. The van der Waals surface area contributed by atoms with Crippen LogP contribution in [0, 0.1) is 12.3 Å². The molecule has 0 spiro atoms. The van der Waals surface area contributed by atoms with Gasteiger partial charge in [-0.25, -0.2) is 4.68 Å². The van der Waals surface area contributed by atoms with Gasteiger partial charge in [-0.3, -0.25) is 5.32 Å². The topological polar surface area (TPSA) is 42.7 Å². The maximum Gasteiger partial charge on any atom is 0.152 e. The van der Waals surface area contributed by atoms with Crippen LogP contribution < -0.4 is 5.32 Å². The number of nitrogens with zero attached hydrogens (tertiary/aromatic N) is 3. The molecule has 1 rings (SSSR count). The van der Waals surface area contributed by atoms with Crippen molar-refractivity contribution in [2.24, 2.45) is 7.05 Å². The summed E-state index contributed by atoms with van der Waals surface area (Å²) in [4.78, 5) is 0. The van der Waals surface area contributed by atoms with Crippen LogP contribution in [-0.4, -0.2) is 21.0 Å². The largest absolute Gasteiger partial charge is 0.298 e. The van der Waals surface area contributed by atoms with Crippen LogP contribution in [-0.2, 0) is 13.6 Å². The third-order valence-electron chi connectivity index (χ3n) is 1.72. The summed E-state index contributed by atoms with van der Waals surface area (Å²) >= 11 is 3.30. The van der Waals surface area contributed by atoms with Gasteiger partial charge in [-0.05, 0) is 22.9 Å². The molecule has 0 saturated carbocycles. The number of rotatable bonds is 3. The molecule has 0 aliphatic rings. The Bertz CT molecular complexity index is 306. The molecular weight excluding hydrogens is 232 g/mol. The molecule has 0 radical (unpaired) electrons. The van der Waals surface area contributed by atoms with Gasteiger partial charge in [0, 0.05) is 13.6 Å². The summed E-state index contributed by atoms with van der Waals surface area (Å²) in [5, 5.41) is 10.9. The Hall–Kier alpha value is -0.860. The maximum absolute atomic E-state index is 5.23. The first kappa shape index (κ1) is 10.2. The van der Waals surface area contributed by atoms with E-state index in [2.05, 4.69) is 37.5 Å². The highest BCUT2D eigenvalue weighted by atomic mass is 79.9. The van der Waals surface area contributed by atoms with Crippen molar-refractivity contribution in [2.75, 3.05) is 0 Å². The second-order valence-corrected chi connectivity index (χ2v) is 3.47. The highest BCUT2D eigenvalue weighted by Crippen LogP contribution is 2.10. The fourth-order valence-electron chi connectivity index (χ4n) is 0.848. The molecule has 0 fully saturated rings. The maximum atomic E-state index is 5.23. The first-order valence-electron chi connectivity index (χ1n) is 3.88. The second kappa shape index (κ2) is 4.40. The SMILES string of the molecule is C#CC(C)NCc1c(Br)nnn1C. The van der Waals surface area contributed by atoms with E-state index >= 15 is 0 Å². The van der Waals surface area contributed by atoms with E-state index in [4.69, 9.17) is 6.42 Å². The Labute approximate surface area is 85.8 Å². The summed E-state index contributed by atoms with van der Waals surface area (Å²) < 4.78 is 2.46. The van der Waals surface area contributed by atoms with Crippen molar-refractivity contribution < 1.29 is 0 Å². The molecule has 13 heavy (non-hydrogen) atoms. The van der Waals surface area contributed by atoms with Crippen molar-refractivity contribution in [3.63, 3.8) is 0 Å². The fraction of sp³-hybridized carbons (Fsp3) is 0.500. The number of hydrogen-bond acceptors (Lipinski definition) is 3. The van der Waals surface area contributed by atoms with Crippen molar-refractivity contribution in [3.05, 3.63) is 10.3 Å². The number of aromatic nitrogens is 3.